The highest BCUT2D eigenvalue weighted by atomic mass is 32.1. The van der Waals surface area contributed by atoms with E-state index in [2.05, 4.69) is 15.1 Å². The van der Waals surface area contributed by atoms with Crippen molar-refractivity contribution in [1.29, 1.82) is 0 Å². The first-order valence-electron chi connectivity index (χ1n) is 8.57. The first-order valence-corrected chi connectivity index (χ1v) is 9.45. The zero-order valence-electron chi connectivity index (χ0n) is 15.5. The van der Waals surface area contributed by atoms with Gasteiger partial charge in [0.1, 0.15) is 16.7 Å². The van der Waals surface area contributed by atoms with E-state index in [1.165, 1.54) is 0 Å². The lowest BCUT2D eigenvalue weighted by Crippen LogP contribution is -2.33. The molecule has 1 aromatic carbocycles. The maximum absolute atomic E-state index is 12.7. The Morgan fingerprint density at radius 3 is 2.62 bits per heavy atom. The molecule has 3 aromatic rings. The Morgan fingerprint density at radius 1 is 1.23 bits per heavy atom. The number of amides is 1. The predicted molar refractivity (Wildman–Crippen MR) is 103 cm³/mol. The summed E-state index contributed by atoms with van der Waals surface area (Å²) in [5.41, 5.74) is 2.01. The minimum atomic E-state index is -0.174. The molecule has 2 heterocycles. The molecule has 0 fully saturated rings. The highest BCUT2D eigenvalue weighted by Crippen LogP contribution is 2.24. The molecule has 0 saturated carbocycles. The summed E-state index contributed by atoms with van der Waals surface area (Å²) < 4.78 is 1.79. The summed E-state index contributed by atoms with van der Waals surface area (Å²) in [6.45, 7) is 6.71. The molecule has 0 unspecified atom stereocenters. The van der Waals surface area contributed by atoms with Gasteiger partial charge in [-0.3, -0.25) is 4.79 Å². The summed E-state index contributed by atoms with van der Waals surface area (Å²) >= 11 is 1.60. The number of benzene rings is 1. The molecular formula is C19H23N5OS. The van der Waals surface area contributed by atoms with E-state index in [1.807, 2.05) is 63.5 Å². The SMILES string of the molecule is Cc1nc(C)n(C[C@H](C)C(=O)N(C)Cc2csc(-c3ccccc3)n2)n1. The lowest BCUT2D eigenvalue weighted by molar-refractivity contribution is -0.134. The Labute approximate surface area is 157 Å². The molecule has 0 aliphatic carbocycles. The minimum absolute atomic E-state index is 0.0758. The first kappa shape index (κ1) is 18.3. The van der Waals surface area contributed by atoms with Crippen LogP contribution in [0.15, 0.2) is 35.7 Å². The molecule has 1 atom stereocenters. The van der Waals surface area contributed by atoms with Crippen LogP contribution in [-0.2, 0) is 17.9 Å². The maximum Gasteiger partial charge on any atom is 0.227 e. The lowest BCUT2D eigenvalue weighted by Gasteiger charge is -2.20. The highest BCUT2D eigenvalue weighted by molar-refractivity contribution is 7.13. The molecule has 0 bridgehead atoms. The van der Waals surface area contributed by atoms with E-state index in [0.29, 0.717) is 13.1 Å². The number of thiazole rings is 1. The summed E-state index contributed by atoms with van der Waals surface area (Å²) in [4.78, 5) is 23.4. The number of hydrogen-bond acceptors (Lipinski definition) is 5. The van der Waals surface area contributed by atoms with Crippen molar-refractivity contribution in [2.45, 2.75) is 33.9 Å². The fourth-order valence-electron chi connectivity index (χ4n) is 2.86. The van der Waals surface area contributed by atoms with Gasteiger partial charge < -0.3 is 4.90 Å². The van der Waals surface area contributed by atoms with Gasteiger partial charge in [-0.2, -0.15) is 5.10 Å². The Bertz CT molecular complexity index is 886. The van der Waals surface area contributed by atoms with E-state index >= 15 is 0 Å². The lowest BCUT2D eigenvalue weighted by atomic mass is 10.1. The number of aromatic nitrogens is 4. The van der Waals surface area contributed by atoms with Crippen LogP contribution in [-0.4, -0.2) is 37.6 Å². The predicted octanol–water partition coefficient (Wildman–Crippen LogP) is 3.31. The standard InChI is InChI=1S/C19H23N5OS/c1-13(10-24-15(3)20-14(2)22-24)19(25)23(4)11-17-12-26-18(21-17)16-8-6-5-7-9-16/h5-9,12-13H,10-11H2,1-4H3/t13-/m0/s1. The van der Waals surface area contributed by atoms with E-state index < -0.39 is 0 Å². The number of carbonyl (C=O) groups excluding carboxylic acids is 1. The van der Waals surface area contributed by atoms with Gasteiger partial charge in [0.15, 0.2) is 0 Å². The van der Waals surface area contributed by atoms with Crippen LogP contribution in [0, 0.1) is 19.8 Å². The van der Waals surface area contributed by atoms with Crippen LogP contribution in [0.25, 0.3) is 10.6 Å². The Kier molecular flexibility index (Phi) is 5.46. The van der Waals surface area contributed by atoms with Gasteiger partial charge in [0.05, 0.1) is 24.7 Å². The monoisotopic (exact) mass is 369 g/mol. The molecule has 0 aliphatic heterocycles. The van der Waals surface area contributed by atoms with Crippen molar-refractivity contribution < 1.29 is 4.79 Å². The van der Waals surface area contributed by atoms with E-state index in [-0.39, 0.29) is 11.8 Å². The molecule has 136 valence electrons. The van der Waals surface area contributed by atoms with Crippen LogP contribution in [0.5, 0.6) is 0 Å². The van der Waals surface area contributed by atoms with Crippen LogP contribution in [0.4, 0.5) is 0 Å². The molecule has 0 saturated heterocycles. The van der Waals surface area contributed by atoms with Crippen molar-refractivity contribution in [3.8, 4) is 10.6 Å². The fraction of sp³-hybridized carbons (Fsp3) is 0.368. The molecule has 7 heteroatoms. The normalized spacial score (nSPS) is 12.2. The van der Waals surface area contributed by atoms with Crippen LogP contribution < -0.4 is 0 Å². The van der Waals surface area contributed by atoms with Crippen LogP contribution in [0.3, 0.4) is 0 Å². The van der Waals surface area contributed by atoms with Gasteiger partial charge >= 0.3 is 0 Å². The third-order valence-electron chi connectivity index (χ3n) is 4.18. The topological polar surface area (TPSA) is 63.9 Å². The maximum atomic E-state index is 12.7. The molecule has 0 aliphatic rings. The Hall–Kier alpha value is -2.54. The molecule has 0 spiro atoms. The first-order chi connectivity index (χ1) is 12.4. The van der Waals surface area contributed by atoms with Gasteiger partial charge in [-0.05, 0) is 13.8 Å². The molecule has 3 rings (SSSR count). The zero-order valence-corrected chi connectivity index (χ0v) is 16.3. The third-order valence-corrected chi connectivity index (χ3v) is 5.12. The zero-order chi connectivity index (χ0) is 18.7. The van der Waals surface area contributed by atoms with Gasteiger partial charge in [0.2, 0.25) is 5.91 Å². The second kappa shape index (κ2) is 7.78. The molecule has 0 radical (unpaired) electrons. The fourth-order valence-corrected chi connectivity index (χ4v) is 3.68. The van der Waals surface area contributed by atoms with Crippen molar-refractivity contribution in [1.82, 2.24) is 24.6 Å². The van der Waals surface area contributed by atoms with Gasteiger partial charge in [-0.1, -0.05) is 37.3 Å². The van der Waals surface area contributed by atoms with Gasteiger partial charge in [0.25, 0.3) is 0 Å². The summed E-state index contributed by atoms with van der Waals surface area (Å²) in [7, 11) is 1.82. The van der Waals surface area contributed by atoms with Crippen molar-refractivity contribution in [3.63, 3.8) is 0 Å². The Morgan fingerprint density at radius 2 is 1.96 bits per heavy atom. The van der Waals surface area contributed by atoms with Crippen LogP contribution in [0.2, 0.25) is 0 Å². The average Bonchev–Trinajstić information content (AvgIpc) is 3.21. The summed E-state index contributed by atoms with van der Waals surface area (Å²) in [6.07, 6.45) is 0. The van der Waals surface area contributed by atoms with Gasteiger partial charge in [-0.15, -0.1) is 11.3 Å². The van der Waals surface area contributed by atoms with Crippen LogP contribution in [0.1, 0.15) is 24.3 Å². The van der Waals surface area contributed by atoms with Crippen LogP contribution >= 0.6 is 11.3 Å². The minimum Gasteiger partial charge on any atom is -0.340 e. The van der Waals surface area contributed by atoms with Crippen molar-refractivity contribution in [2.75, 3.05) is 7.05 Å². The summed E-state index contributed by atoms with van der Waals surface area (Å²) in [5.74, 6) is 1.46. The number of carbonyl (C=O) groups is 1. The van der Waals surface area contributed by atoms with Gasteiger partial charge in [0, 0.05) is 18.0 Å². The number of rotatable bonds is 6. The van der Waals surface area contributed by atoms with E-state index in [0.717, 1.165) is 27.9 Å². The van der Waals surface area contributed by atoms with E-state index in [1.54, 1.807) is 20.9 Å². The third kappa shape index (κ3) is 4.16. The average molecular weight is 369 g/mol. The Balaban J connectivity index is 1.62. The van der Waals surface area contributed by atoms with E-state index in [4.69, 9.17) is 0 Å². The number of hydrogen-bond donors (Lipinski definition) is 0. The molecule has 26 heavy (non-hydrogen) atoms. The van der Waals surface area contributed by atoms with Crippen molar-refractivity contribution >= 4 is 17.2 Å². The molecule has 0 N–H and O–H groups in total. The van der Waals surface area contributed by atoms with E-state index in [9.17, 15) is 4.79 Å². The van der Waals surface area contributed by atoms with Crippen molar-refractivity contribution in [2.24, 2.45) is 5.92 Å². The largest absolute Gasteiger partial charge is 0.340 e. The quantitative estimate of drug-likeness (QED) is 0.669. The summed E-state index contributed by atoms with van der Waals surface area (Å²) in [5, 5.41) is 7.33. The molecule has 6 nitrogen and oxygen atoms in total. The second-order valence-electron chi connectivity index (χ2n) is 6.49. The second-order valence-corrected chi connectivity index (χ2v) is 7.35. The smallest absolute Gasteiger partial charge is 0.227 e. The summed E-state index contributed by atoms with van der Waals surface area (Å²) in [6, 6.07) is 10.1. The van der Waals surface area contributed by atoms with Crippen molar-refractivity contribution in [3.05, 3.63) is 53.1 Å². The molecule has 2 aromatic heterocycles. The molecule has 1 amide bonds. The number of aryl methyl sites for hydroxylation is 2. The molecular weight excluding hydrogens is 346 g/mol. The number of nitrogens with zero attached hydrogens (tertiary/aromatic N) is 5. The highest BCUT2D eigenvalue weighted by Gasteiger charge is 2.20. The van der Waals surface area contributed by atoms with Gasteiger partial charge in [-0.25, -0.2) is 14.6 Å².